The summed E-state index contributed by atoms with van der Waals surface area (Å²) in [5.41, 5.74) is -0.222. The molecule has 1 nitrogen and oxygen atoms in total. The summed E-state index contributed by atoms with van der Waals surface area (Å²) in [7, 11) is 0. The molecule has 0 aromatic heterocycles. The number of hydrogen-bond acceptors (Lipinski definition) is 1. The SMILES string of the molecule is OCC1=C(F)CC(Br)C=C1F. The van der Waals surface area contributed by atoms with Crippen molar-refractivity contribution in [3.63, 3.8) is 0 Å². The molecule has 0 aliphatic heterocycles. The Kier molecular flexibility index (Phi) is 2.78. The van der Waals surface area contributed by atoms with Crippen LogP contribution in [0.1, 0.15) is 6.42 Å². The highest BCUT2D eigenvalue weighted by atomic mass is 79.9. The lowest BCUT2D eigenvalue weighted by molar-refractivity contribution is 0.319. The number of aliphatic hydroxyl groups excluding tert-OH is 1. The maximum Gasteiger partial charge on any atom is 0.128 e. The third kappa shape index (κ3) is 1.87. The zero-order chi connectivity index (χ0) is 8.43. The molecule has 0 fully saturated rings. The fraction of sp³-hybridized carbons (Fsp3) is 0.429. The first kappa shape index (κ1) is 8.87. The van der Waals surface area contributed by atoms with Crippen molar-refractivity contribution in [2.75, 3.05) is 6.61 Å². The van der Waals surface area contributed by atoms with Crippen LogP contribution in [0.2, 0.25) is 0 Å². The molecule has 0 bridgehead atoms. The Hall–Kier alpha value is -0.220. The molecule has 0 radical (unpaired) electrons. The molecule has 0 heterocycles. The van der Waals surface area contributed by atoms with E-state index < -0.39 is 18.3 Å². The quantitative estimate of drug-likeness (QED) is 0.678. The van der Waals surface area contributed by atoms with Crippen molar-refractivity contribution in [2.45, 2.75) is 11.2 Å². The fourth-order valence-electron chi connectivity index (χ4n) is 0.904. The highest BCUT2D eigenvalue weighted by molar-refractivity contribution is 9.09. The topological polar surface area (TPSA) is 20.2 Å². The molecular formula is C7H7BrF2O. The molecule has 62 valence electrons. The van der Waals surface area contributed by atoms with Gasteiger partial charge in [0, 0.05) is 16.8 Å². The number of aliphatic hydroxyl groups is 1. The van der Waals surface area contributed by atoms with Crippen LogP contribution in [0.4, 0.5) is 8.78 Å². The van der Waals surface area contributed by atoms with E-state index in [1.165, 1.54) is 6.08 Å². The van der Waals surface area contributed by atoms with E-state index >= 15 is 0 Å². The molecule has 11 heavy (non-hydrogen) atoms. The third-order valence-corrected chi connectivity index (χ3v) is 2.06. The van der Waals surface area contributed by atoms with Crippen molar-refractivity contribution < 1.29 is 13.9 Å². The molecule has 0 amide bonds. The fourth-order valence-corrected chi connectivity index (χ4v) is 1.42. The summed E-state index contributed by atoms with van der Waals surface area (Å²) in [5.74, 6) is -1.24. The van der Waals surface area contributed by atoms with E-state index in [0.717, 1.165) is 0 Å². The Morgan fingerprint density at radius 3 is 2.73 bits per heavy atom. The first-order valence-electron chi connectivity index (χ1n) is 3.15. The zero-order valence-corrected chi connectivity index (χ0v) is 7.24. The van der Waals surface area contributed by atoms with Crippen LogP contribution < -0.4 is 0 Å². The predicted molar refractivity (Wildman–Crippen MR) is 41.7 cm³/mol. The summed E-state index contributed by atoms with van der Waals surface area (Å²) in [6.07, 6.45) is 1.36. The van der Waals surface area contributed by atoms with Gasteiger partial charge in [-0.25, -0.2) is 8.78 Å². The van der Waals surface area contributed by atoms with Gasteiger partial charge in [0.25, 0.3) is 0 Å². The highest BCUT2D eigenvalue weighted by Crippen LogP contribution is 2.29. The van der Waals surface area contributed by atoms with Crippen LogP contribution >= 0.6 is 15.9 Å². The maximum atomic E-state index is 12.8. The minimum Gasteiger partial charge on any atom is -0.391 e. The second kappa shape index (κ2) is 3.45. The molecule has 0 aromatic carbocycles. The van der Waals surface area contributed by atoms with Gasteiger partial charge in [0.1, 0.15) is 11.7 Å². The molecule has 1 atom stereocenters. The van der Waals surface area contributed by atoms with Crippen molar-refractivity contribution in [1.29, 1.82) is 0 Å². The predicted octanol–water partition coefficient (Wildman–Crippen LogP) is 2.22. The average molecular weight is 225 g/mol. The van der Waals surface area contributed by atoms with Crippen LogP contribution in [-0.4, -0.2) is 16.5 Å². The van der Waals surface area contributed by atoms with Gasteiger partial charge >= 0.3 is 0 Å². The third-order valence-electron chi connectivity index (χ3n) is 1.48. The second-order valence-corrected chi connectivity index (χ2v) is 3.45. The number of allylic oxidation sites excluding steroid dienone is 2. The molecule has 0 saturated heterocycles. The summed E-state index contributed by atoms with van der Waals surface area (Å²) in [6, 6.07) is 0. The summed E-state index contributed by atoms with van der Waals surface area (Å²) in [6.45, 7) is -0.576. The van der Waals surface area contributed by atoms with Crippen molar-refractivity contribution in [2.24, 2.45) is 0 Å². The van der Waals surface area contributed by atoms with Crippen molar-refractivity contribution in [3.8, 4) is 0 Å². The molecule has 1 unspecified atom stereocenters. The number of alkyl halides is 1. The summed E-state index contributed by atoms with van der Waals surface area (Å²) in [4.78, 5) is -0.294. The van der Waals surface area contributed by atoms with Crippen LogP contribution in [-0.2, 0) is 0 Å². The van der Waals surface area contributed by atoms with Gasteiger partial charge in [-0.3, -0.25) is 0 Å². The lowest BCUT2D eigenvalue weighted by Crippen LogP contribution is -2.07. The van der Waals surface area contributed by atoms with E-state index in [0.29, 0.717) is 0 Å². The van der Waals surface area contributed by atoms with Crippen LogP contribution in [0.25, 0.3) is 0 Å². The molecule has 0 aromatic rings. The Morgan fingerprint density at radius 2 is 2.27 bits per heavy atom. The van der Waals surface area contributed by atoms with E-state index in [1.54, 1.807) is 0 Å². The summed E-state index contributed by atoms with van der Waals surface area (Å²) >= 11 is 3.05. The van der Waals surface area contributed by atoms with Gasteiger partial charge in [-0.05, 0) is 6.08 Å². The van der Waals surface area contributed by atoms with Gasteiger partial charge in [-0.1, -0.05) is 15.9 Å². The molecular weight excluding hydrogens is 218 g/mol. The smallest absolute Gasteiger partial charge is 0.128 e. The minimum absolute atomic E-state index is 0.114. The minimum atomic E-state index is -0.668. The van der Waals surface area contributed by atoms with Gasteiger partial charge in [-0.15, -0.1) is 0 Å². The van der Waals surface area contributed by atoms with Crippen molar-refractivity contribution >= 4 is 15.9 Å². The van der Waals surface area contributed by atoms with E-state index in [-0.39, 0.29) is 16.8 Å². The number of rotatable bonds is 1. The Bertz CT molecular complexity index is 222. The highest BCUT2D eigenvalue weighted by Gasteiger charge is 2.20. The Morgan fingerprint density at radius 1 is 1.64 bits per heavy atom. The first-order valence-corrected chi connectivity index (χ1v) is 4.07. The standard InChI is InChI=1S/C7H7BrF2O/c8-4-1-6(9)5(3-11)7(10)2-4/h1,4,11H,2-3H2. The average Bonchev–Trinajstić information content (AvgIpc) is 1.85. The van der Waals surface area contributed by atoms with Crippen LogP contribution in [0, 0.1) is 0 Å². The van der Waals surface area contributed by atoms with Gasteiger partial charge in [-0.2, -0.15) is 0 Å². The Labute approximate surface area is 71.5 Å². The van der Waals surface area contributed by atoms with E-state index in [4.69, 9.17) is 5.11 Å². The van der Waals surface area contributed by atoms with Crippen LogP contribution in [0.15, 0.2) is 23.3 Å². The molecule has 0 spiro atoms. The van der Waals surface area contributed by atoms with Gasteiger partial charge < -0.3 is 5.11 Å². The van der Waals surface area contributed by atoms with Crippen molar-refractivity contribution in [3.05, 3.63) is 23.3 Å². The van der Waals surface area contributed by atoms with Crippen LogP contribution in [0.3, 0.4) is 0 Å². The lowest BCUT2D eigenvalue weighted by Gasteiger charge is -2.13. The monoisotopic (exact) mass is 224 g/mol. The molecule has 1 N–H and O–H groups in total. The largest absolute Gasteiger partial charge is 0.391 e. The first-order chi connectivity index (χ1) is 5.15. The molecule has 1 aliphatic carbocycles. The molecule has 1 aliphatic rings. The van der Waals surface area contributed by atoms with Crippen molar-refractivity contribution in [1.82, 2.24) is 0 Å². The van der Waals surface area contributed by atoms with Gasteiger partial charge in [0.15, 0.2) is 0 Å². The van der Waals surface area contributed by atoms with Crippen LogP contribution in [0.5, 0.6) is 0 Å². The molecule has 0 saturated carbocycles. The number of halogens is 3. The summed E-state index contributed by atoms with van der Waals surface area (Å²) in [5, 5.41) is 8.52. The lowest BCUT2D eigenvalue weighted by atomic mass is 10.1. The van der Waals surface area contributed by atoms with Gasteiger partial charge in [0.2, 0.25) is 0 Å². The van der Waals surface area contributed by atoms with Gasteiger partial charge in [0.05, 0.1) is 6.61 Å². The Balaban J connectivity index is 2.90. The molecule has 1 rings (SSSR count). The normalized spacial score (nSPS) is 25.5. The zero-order valence-electron chi connectivity index (χ0n) is 5.65. The summed E-state index contributed by atoms with van der Waals surface area (Å²) < 4.78 is 25.5. The van der Waals surface area contributed by atoms with E-state index in [2.05, 4.69) is 15.9 Å². The van der Waals surface area contributed by atoms with E-state index in [9.17, 15) is 8.78 Å². The van der Waals surface area contributed by atoms with E-state index in [1.807, 2.05) is 0 Å². The second-order valence-electron chi connectivity index (χ2n) is 2.28. The maximum absolute atomic E-state index is 12.8. The number of hydrogen-bond donors (Lipinski definition) is 1. The molecule has 4 heteroatoms.